The van der Waals surface area contributed by atoms with E-state index in [9.17, 15) is 0 Å². The molecule has 0 fully saturated rings. The summed E-state index contributed by atoms with van der Waals surface area (Å²) < 4.78 is 4.46. The minimum atomic E-state index is 0.670. The Hall–Kier alpha value is -1.32. The van der Waals surface area contributed by atoms with E-state index in [0.717, 1.165) is 5.52 Å². The van der Waals surface area contributed by atoms with Crippen LogP contribution in [0.5, 0.6) is 0 Å². The van der Waals surface area contributed by atoms with Gasteiger partial charge in [-0.1, -0.05) is 11.5 Å². The molecule has 4 heteroatoms. The van der Waals surface area contributed by atoms with Gasteiger partial charge in [-0.15, -0.1) is 0 Å². The van der Waals surface area contributed by atoms with Crippen LogP contribution in [0, 0.1) is 0 Å². The first-order valence-corrected chi connectivity index (χ1v) is 2.84. The first-order valence-electron chi connectivity index (χ1n) is 2.84. The van der Waals surface area contributed by atoms with Gasteiger partial charge in [0.05, 0.1) is 0 Å². The molecule has 0 aliphatic carbocycles. The maximum Gasteiger partial charge on any atom is 0.135 e. The van der Waals surface area contributed by atoms with Crippen LogP contribution in [-0.4, -0.2) is 18.2 Å². The molecule has 0 saturated carbocycles. The van der Waals surface area contributed by atoms with Crippen LogP contribution in [0.4, 0.5) is 0 Å². The lowest BCUT2D eigenvalue weighted by atomic mass is 9.96. The highest BCUT2D eigenvalue weighted by Crippen LogP contribution is 2.03. The zero-order valence-corrected chi connectivity index (χ0v) is 5.11. The van der Waals surface area contributed by atoms with Gasteiger partial charge in [0.15, 0.2) is 0 Å². The Morgan fingerprint density at radius 2 is 2.00 bits per heavy atom. The summed E-state index contributed by atoms with van der Waals surface area (Å²) in [7, 11) is 5.47. The number of hydrogen-bond donors (Lipinski definition) is 0. The van der Waals surface area contributed by atoms with Gasteiger partial charge in [-0.2, -0.15) is 0 Å². The van der Waals surface area contributed by atoms with Crippen molar-refractivity contribution in [2.45, 2.75) is 0 Å². The van der Waals surface area contributed by atoms with Crippen molar-refractivity contribution in [2.75, 3.05) is 0 Å². The summed E-state index contributed by atoms with van der Waals surface area (Å²) in [6.45, 7) is 0. The minimum Gasteiger partial charge on any atom is -0.243 e. The van der Waals surface area contributed by atoms with Crippen LogP contribution in [-0.2, 0) is 0 Å². The fourth-order valence-corrected chi connectivity index (χ4v) is 0.799. The van der Waals surface area contributed by atoms with Gasteiger partial charge >= 0.3 is 0 Å². The SMILES string of the molecule is [B]c1ccc2nonc2c1. The third-order valence-corrected chi connectivity index (χ3v) is 1.28. The molecule has 0 unspecified atom stereocenters. The number of aromatic nitrogens is 2. The average molecular weight is 130 g/mol. The highest BCUT2D eigenvalue weighted by atomic mass is 16.6. The zero-order valence-electron chi connectivity index (χ0n) is 5.11. The van der Waals surface area contributed by atoms with Crippen LogP contribution in [0.15, 0.2) is 22.8 Å². The first-order chi connectivity index (χ1) is 4.86. The predicted octanol–water partition coefficient (Wildman–Crippen LogP) is 0.0166. The Kier molecular flexibility index (Phi) is 1.00. The molecule has 1 aromatic carbocycles. The van der Waals surface area contributed by atoms with E-state index in [2.05, 4.69) is 14.9 Å². The molecule has 2 aromatic rings. The molecule has 1 aromatic heterocycles. The summed E-state index contributed by atoms with van der Waals surface area (Å²) in [5.41, 5.74) is 2.09. The van der Waals surface area contributed by atoms with Crippen molar-refractivity contribution in [1.29, 1.82) is 0 Å². The molecule has 2 radical (unpaired) electrons. The maximum absolute atomic E-state index is 5.47. The molecule has 0 amide bonds. The van der Waals surface area contributed by atoms with Crippen LogP contribution in [0.2, 0.25) is 0 Å². The van der Waals surface area contributed by atoms with Crippen molar-refractivity contribution >= 4 is 24.3 Å². The summed E-state index contributed by atoms with van der Waals surface area (Å²) in [6, 6.07) is 5.24. The number of hydrogen-bond acceptors (Lipinski definition) is 3. The van der Waals surface area contributed by atoms with Crippen molar-refractivity contribution in [2.24, 2.45) is 0 Å². The fraction of sp³-hybridized carbons (Fsp3) is 0. The highest BCUT2D eigenvalue weighted by molar-refractivity contribution is 6.33. The molecule has 10 heavy (non-hydrogen) atoms. The van der Waals surface area contributed by atoms with Gasteiger partial charge in [-0.05, 0) is 22.4 Å². The molecule has 1 heterocycles. The number of fused-ring (bicyclic) bond motifs is 1. The van der Waals surface area contributed by atoms with Crippen LogP contribution >= 0.6 is 0 Å². The standard InChI is InChI=1S/C6H3BN2O/c7-4-1-2-5-6(3-4)9-10-8-5/h1-3H. The predicted molar refractivity (Wildman–Crippen MR) is 37.2 cm³/mol. The van der Waals surface area contributed by atoms with Crippen molar-refractivity contribution in [3.63, 3.8) is 0 Å². The lowest BCUT2D eigenvalue weighted by molar-refractivity contribution is 0.315. The molecular weight excluding hydrogens is 127 g/mol. The molecule has 0 N–H and O–H groups in total. The molecule has 0 saturated heterocycles. The van der Waals surface area contributed by atoms with Crippen LogP contribution in [0.3, 0.4) is 0 Å². The maximum atomic E-state index is 5.47. The van der Waals surface area contributed by atoms with Gasteiger partial charge in [0, 0.05) is 0 Å². The molecule has 3 nitrogen and oxygen atoms in total. The Morgan fingerprint density at radius 1 is 1.20 bits per heavy atom. The zero-order chi connectivity index (χ0) is 6.97. The van der Waals surface area contributed by atoms with Crippen molar-refractivity contribution in [1.82, 2.24) is 10.3 Å². The summed E-state index contributed by atoms with van der Waals surface area (Å²) in [5, 5.41) is 7.23. The van der Waals surface area contributed by atoms with E-state index in [4.69, 9.17) is 7.85 Å². The van der Waals surface area contributed by atoms with Gasteiger partial charge < -0.3 is 0 Å². The Bertz CT molecular complexity index is 357. The molecular formula is C6H3BN2O. The fourth-order valence-electron chi connectivity index (χ4n) is 0.799. The summed E-state index contributed by atoms with van der Waals surface area (Å²) in [6.07, 6.45) is 0. The van der Waals surface area contributed by atoms with Crippen molar-refractivity contribution in [3.8, 4) is 0 Å². The molecule has 0 bridgehead atoms. The molecule has 0 spiro atoms. The minimum absolute atomic E-state index is 0.670. The molecule has 0 aliphatic heterocycles. The van der Waals surface area contributed by atoms with Crippen molar-refractivity contribution in [3.05, 3.63) is 18.2 Å². The topological polar surface area (TPSA) is 38.9 Å². The van der Waals surface area contributed by atoms with E-state index in [1.165, 1.54) is 0 Å². The Balaban J connectivity index is 2.86. The summed E-state index contributed by atoms with van der Waals surface area (Å²) >= 11 is 0. The van der Waals surface area contributed by atoms with E-state index < -0.39 is 0 Å². The molecule has 2 rings (SSSR count). The Morgan fingerprint density at radius 3 is 2.90 bits per heavy atom. The summed E-state index contributed by atoms with van der Waals surface area (Å²) in [4.78, 5) is 0. The second kappa shape index (κ2) is 1.83. The second-order valence-electron chi connectivity index (χ2n) is 2.01. The van der Waals surface area contributed by atoms with Gasteiger partial charge in [0.2, 0.25) is 0 Å². The monoisotopic (exact) mass is 130 g/mol. The smallest absolute Gasteiger partial charge is 0.135 e. The van der Waals surface area contributed by atoms with Gasteiger partial charge in [-0.25, -0.2) is 4.63 Å². The lowest BCUT2D eigenvalue weighted by Crippen LogP contribution is -1.99. The molecule has 0 atom stereocenters. The van der Waals surface area contributed by atoms with Crippen LogP contribution in [0.1, 0.15) is 0 Å². The number of nitrogens with zero attached hydrogens (tertiary/aromatic N) is 2. The Labute approximate surface area is 58.4 Å². The third kappa shape index (κ3) is 0.691. The van der Waals surface area contributed by atoms with E-state index >= 15 is 0 Å². The van der Waals surface area contributed by atoms with Crippen LogP contribution in [0.25, 0.3) is 11.0 Å². The number of benzene rings is 1. The average Bonchev–Trinajstić information content (AvgIpc) is 2.33. The van der Waals surface area contributed by atoms with E-state index in [1.807, 2.05) is 0 Å². The quantitative estimate of drug-likeness (QED) is 0.471. The first kappa shape index (κ1) is 5.47. The normalized spacial score (nSPS) is 10.4. The number of rotatable bonds is 0. The second-order valence-corrected chi connectivity index (χ2v) is 2.01. The van der Waals surface area contributed by atoms with Crippen LogP contribution < -0.4 is 5.46 Å². The summed E-state index contributed by atoms with van der Waals surface area (Å²) in [5.74, 6) is 0. The third-order valence-electron chi connectivity index (χ3n) is 1.28. The largest absolute Gasteiger partial charge is 0.243 e. The van der Waals surface area contributed by atoms with E-state index in [1.54, 1.807) is 18.2 Å². The van der Waals surface area contributed by atoms with Crippen molar-refractivity contribution < 1.29 is 4.63 Å². The molecule has 46 valence electrons. The van der Waals surface area contributed by atoms with Gasteiger partial charge in [0.1, 0.15) is 18.9 Å². The molecule has 0 aliphatic rings. The van der Waals surface area contributed by atoms with Gasteiger partial charge in [0.25, 0.3) is 0 Å². The van der Waals surface area contributed by atoms with E-state index in [0.29, 0.717) is 11.0 Å². The lowest BCUT2D eigenvalue weighted by Gasteiger charge is -1.86. The van der Waals surface area contributed by atoms with E-state index in [-0.39, 0.29) is 0 Å². The van der Waals surface area contributed by atoms with Gasteiger partial charge in [-0.3, -0.25) is 0 Å². The highest BCUT2D eigenvalue weighted by Gasteiger charge is 1.96.